The number of rotatable bonds is 1. The summed E-state index contributed by atoms with van der Waals surface area (Å²) in [5.41, 5.74) is 2.02. The first-order chi connectivity index (χ1) is 10.6. The third-order valence-corrected chi connectivity index (χ3v) is 5.65. The second-order valence-corrected chi connectivity index (χ2v) is 7.48. The Labute approximate surface area is 137 Å². The van der Waals surface area contributed by atoms with Crippen molar-refractivity contribution in [3.05, 3.63) is 50.1 Å². The first-order valence-corrected chi connectivity index (χ1v) is 8.62. The molecule has 0 spiro atoms. The zero-order valence-corrected chi connectivity index (χ0v) is 13.7. The second kappa shape index (κ2) is 5.21. The number of halogens is 1. The van der Waals surface area contributed by atoms with E-state index in [9.17, 15) is 4.79 Å². The first-order valence-electron chi connectivity index (χ1n) is 7.42. The number of nitrogens with one attached hydrogen (secondary N) is 1. The van der Waals surface area contributed by atoms with Crippen LogP contribution >= 0.6 is 22.9 Å². The van der Waals surface area contributed by atoms with Gasteiger partial charge in [0.15, 0.2) is 0 Å². The van der Waals surface area contributed by atoms with Gasteiger partial charge >= 0.3 is 0 Å². The third kappa shape index (κ3) is 2.27. The Kier molecular flexibility index (Phi) is 3.31. The smallest absolute Gasteiger partial charge is 0.260 e. The van der Waals surface area contributed by atoms with Gasteiger partial charge in [0.1, 0.15) is 10.7 Å². The number of hydrogen-bond acceptors (Lipinski definition) is 3. The predicted octanol–water partition coefficient (Wildman–Crippen LogP) is 4.43. The number of aryl methyl sites for hydroxylation is 1. The normalized spacial score (nSPS) is 17.6. The van der Waals surface area contributed by atoms with Crippen molar-refractivity contribution in [1.29, 1.82) is 0 Å². The second-order valence-electron chi connectivity index (χ2n) is 5.96. The summed E-state index contributed by atoms with van der Waals surface area (Å²) in [6, 6.07) is 7.41. The summed E-state index contributed by atoms with van der Waals surface area (Å²) in [6.07, 6.45) is 3.19. The molecule has 0 amide bonds. The number of aromatic amines is 1. The van der Waals surface area contributed by atoms with Crippen LogP contribution in [0.2, 0.25) is 5.02 Å². The van der Waals surface area contributed by atoms with Gasteiger partial charge in [-0.3, -0.25) is 4.79 Å². The molecule has 1 aliphatic rings. The number of hydrogen-bond donors (Lipinski definition) is 1. The molecule has 3 nitrogen and oxygen atoms in total. The lowest BCUT2D eigenvalue weighted by molar-refractivity contribution is 0.509. The van der Waals surface area contributed by atoms with E-state index in [0.29, 0.717) is 16.8 Å². The molecule has 0 radical (unpaired) electrons. The summed E-state index contributed by atoms with van der Waals surface area (Å²) >= 11 is 7.70. The van der Waals surface area contributed by atoms with Crippen LogP contribution in [0.15, 0.2) is 29.1 Å². The zero-order valence-electron chi connectivity index (χ0n) is 12.1. The zero-order chi connectivity index (χ0) is 15.3. The number of fused-ring (bicyclic) bond motifs is 3. The van der Waals surface area contributed by atoms with E-state index in [4.69, 9.17) is 11.6 Å². The van der Waals surface area contributed by atoms with E-state index in [1.165, 1.54) is 10.4 Å². The van der Waals surface area contributed by atoms with E-state index in [1.807, 2.05) is 24.3 Å². The molecular weight excluding hydrogens is 316 g/mol. The highest BCUT2D eigenvalue weighted by atomic mass is 35.5. The van der Waals surface area contributed by atoms with Gasteiger partial charge in [0.25, 0.3) is 5.56 Å². The van der Waals surface area contributed by atoms with Gasteiger partial charge in [-0.15, -0.1) is 11.3 Å². The molecule has 0 fully saturated rings. The Bertz CT molecular complexity index is 928. The average molecular weight is 331 g/mol. The van der Waals surface area contributed by atoms with Crippen LogP contribution in [-0.4, -0.2) is 9.97 Å². The molecule has 2 aromatic heterocycles. The molecule has 0 aliphatic heterocycles. The van der Waals surface area contributed by atoms with Gasteiger partial charge in [-0.1, -0.05) is 30.7 Å². The minimum atomic E-state index is -0.0352. The molecule has 0 saturated heterocycles. The Morgan fingerprint density at radius 1 is 1.41 bits per heavy atom. The van der Waals surface area contributed by atoms with Crippen molar-refractivity contribution in [3.63, 3.8) is 0 Å². The molecule has 1 aliphatic carbocycles. The summed E-state index contributed by atoms with van der Waals surface area (Å²) in [4.78, 5) is 22.3. The predicted molar refractivity (Wildman–Crippen MR) is 91.9 cm³/mol. The topological polar surface area (TPSA) is 45.8 Å². The Morgan fingerprint density at radius 2 is 2.27 bits per heavy atom. The highest BCUT2D eigenvalue weighted by molar-refractivity contribution is 7.18. The van der Waals surface area contributed by atoms with Crippen molar-refractivity contribution in [2.75, 3.05) is 0 Å². The molecule has 1 atom stereocenters. The van der Waals surface area contributed by atoms with Crippen LogP contribution in [0.3, 0.4) is 0 Å². The lowest BCUT2D eigenvalue weighted by atomic mass is 9.89. The van der Waals surface area contributed by atoms with Crippen LogP contribution in [0, 0.1) is 5.92 Å². The van der Waals surface area contributed by atoms with Gasteiger partial charge in [0, 0.05) is 15.5 Å². The number of thiophene rings is 1. The van der Waals surface area contributed by atoms with Gasteiger partial charge in [-0.2, -0.15) is 0 Å². The summed E-state index contributed by atoms with van der Waals surface area (Å²) in [7, 11) is 0. The maximum absolute atomic E-state index is 12.6. The van der Waals surface area contributed by atoms with Gasteiger partial charge in [-0.05, 0) is 42.9 Å². The monoisotopic (exact) mass is 330 g/mol. The lowest BCUT2D eigenvalue weighted by Gasteiger charge is -2.17. The first kappa shape index (κ1) is 14.0. The van der Waals surface area contributed by atoms with Crippen molar-refractivity contribution in [1.82, 2.24) is 9.97 Å². The van der Waals surface area contributed by atoms with Crippen LogP contribution in [0.1, 0.15) is 23.8 Å². The SMILES string of the molecule is CC1CCc2c(sc3nc(-c4cccc(Cl)c4)[nH]c(=O)c23)C1. The number of benzene rings is 1. The summed E-state index contributed by atoms with van der Waals surface area (Å²) in [5.74, 6) is 1.28. The molecule has 1 aromatic carbocycles. The summed E-state index contributed by atoms with van der Waals surface area (Å²) in [6.45, 7) is 2.27. The number of nitrogens with zero attached hydrogens (tertiary/aromatic N) is 1. The summed E-state index contributed by atoms with van der Waals surface area (Å²) in [5, 5.41) is 1.43. The fraction of sp³-hybridized carbons (Fsp3) is 0.294. The Hall–Kier alpha value is -1.65. The minimum absolute atomic E-state index is 0.0352. The van der Waals surface area contributed by atoms with Crippen LogP contribution in [0.25, 0.3) is 21.6 Å². The number of aromatic nitrogens is 2. The maximum Gasteiger partial charge on any atom is 0.260 e. The Morgan fingerprint density at radius 3 is 3.09 bits per heavy atom. The maximum atomic E-state index is 12.6. The van der Waals surface area contributed by atoms with Gasteiger partial charge < -0.3 is 4.98 Å². The van der Waals surface area contributed by atoms with Crippen molar-refractivity contribution in [2.24, 2.45) is 5.92 Å². The van der Waals surface area contributed by atoms with Crippen molar-refractivity contribution in [3.8, 4) is 11.4 Å². The summed E-state index contributed by atoms with van der Waals surface area (Å²) < 4.78 is 0. The lowest BCUT2D eigenvalue weighted by Crippen LogP contribution is -2.13. The van der Waals surface area contributed by atoms with Gasteiger partial charge in [0.2, 0.25) is 0 Å². The highest BCUT2D eigenvalue weighted by Crippen LogP contribution is 2.36. The molecule has 112 valence electrons. The third-order valence-electron chi connectivity index (χ3n) is 4.26. The van der Waals surface area contributed by atoms with E-state index in [2.05, 4.69) is 16.9 Å². The highest BCUT2D eigenvalue weighted by Gasteiger charge is 2.23. The van der Waals surface area contributed by atoms with Crippen LogP contribution in [-0.2, 0) is 12.8 Å². The molecule has 2 heterocycles. The number of H-pyrrole nitrogens is 1. The van der Waals surface area contributed by atoms with E-state index < -0.39 is 0 Å². The fourth-order valence-corrected chi connectivity index (χ4v) is 4.70. The standard InChI is InChI=1S/C17H15ClN2OS/c1-9-5-6-12-13(7-9)22-17-14(12)16(21)19-15(20-17)10-3-2-4-11(18)8-10/h2-4,8-9H,5-7H2,1H3,(H,19,20,21). The molecule has 5 heteroatoms. The molecular formula is C17H15ClN2OS. The van der Waals surface area contributed by atoms with Crippen LogP contribution < -0.4 is 5.56 Å². The quantitative estimate of drug-likeness (QED) is 0.717. The molecule has 1 unspecified atom stereocenters. The largest absolute Gasteiger partial charge is 0.306 e. The van der Waals surface area contributed by atoms with Gasteiger partial charge in [0.05, 0.1) is 5.39 Å². The van der Waals surface area contributed by atoms with E-state index in [-0.39, 0.29) is 5.56 Å². The van der Waals surface area contributed by atoms with Crippen LogP contribution in [0.4, 0.5) is 0 Å². The molecule has 0 saturated carbocycles. The molecule has 3 aromatic rings. The van der Waals surface area contributed by atoms with Crippen molar-refractivity contribution in [2.45, 2.75) is 26.2 Å². The van der Waals surface area contributed by atoms with Crippen molar-refractivity contribution < 1.29 is 0 Å². The van der Waals surface area contributed by atoms with Gasteiger partial charge in [-0.25, -0.2) is 4.98 Å². The Balaban J connectivity index is 1.92. The molecule has 1 N–H and O–H groups in total. The van der Waals surface area contributed by atoms with E-state index in [1.54, 1.807) is 11.3 Å². The molecule has 22 heavy (non-hydrogen) atoms. The van der Waals surface area contributed by atoms with E-state index >= 15 is 0 Å². The van der Waals surface area contributed by atoms with E-state index in [0.717, 1.165) is 35.0 Å². The van der Waals surface area contributed by atoms with Crippen LogP contribution in [0.5, 0.6) is 0 Å². The van der Waals surface area contributed by atoms with Crippen molar-refractivity contribution >= 4 is 33.2 Å². The minimum Gasteiger partial charge on any atom is -0.306 e. The average Bonchev–Trinajstić information content (AvgIpc) is 2.84. The molecule has 0 bridgehead atoms. The fourth-order valence-electron chi connectivity index (χ4n) is 3.12. The molecule has 4 rings (SSSR count).